The number of hydrogen-bond acceptors (Lipinski definition) is 4. The summed E-state index contributed by atoms with van der Waals surface area (Å²) in [4.78, 5) is 20.1. The molecule has 0 aromatic carbocycles. The van der Waals surface area contributed by atoms with Crippen molar-refractivity contribution in [2.75, 3.05) is 13.1 Å². The third-order valence-electron chi connectivity index (χ3n) is 0.664. The van der Waals surface area contributed by atoms with Crippen LogP contribution in [0.5, 0.6) is 0 Å². The summed E-state index contributed by atoms with van der Waals surface area (Å²) in [5, 5.41) is 3.57. The monoisotopic (exact) mass is 233 g/mol. The van der Waals surface area contributed by atoms with Gasteiger partial charge in [-0.2, -0.15) is 0 Å². The minimum absolute atomic E-state index is 0. The molecular formula is C4H6MnN2O2S2. The van der Waals surface area contributed by atoms with E-state index >= 15 is 0 Å². The fraction of sp³-hybridized carbons (Fsp3) is 0.500. The molecule has 0 spiro atoms. The van der Waals surface area contributed by atoms with Crippen molar-refractivity contribution in [3.05, 3.63) is 0 Å². The Balaban J connectivity index is 0. The first-order chi connectivity index (χ1) is 4.63. The Morgan fingerprint density at radius 3 is 1.45 bits per heavy atom. The summed E-state index contributed by atoms with van der Waals surface area (Å²) < 4.78 is 0. The molecule has 0 aliphatic heterocycles. The molecule has 63 valence electrons. The van der Waals surface area contributed by atoms with Crippen molar-refractivity contribution in [3.8, 4) is 0 Å². The zero-order valence-electron chi connectivity index (χ0n) is 5.43. The minimum Gasteiger partial charge on any atom is -0.719 e. The van der Waals surface area contributed by atoms with Gasteiger partial charge in [-0.1, -0.05) is 0 Å². The molecule has 0 aliphatic carbocycles. The van der Waals surface area contributed by atoms with Crippen molar-refractivity contribution >= 4 is 35.7 Å². The summed E-state index contributed by atoms with van der Waals surface area (Å²) in [5.74, 6) is 0. The van der Waals surface area contributed by atoms with Gasteiger partial charge < -0.3 is 45.5 Å². The van der Waals surface area contributed by atoms with Gasteiger partial charge in [-0.05, 0) is 0 Å². The van der Waals surface area contributed by atoms with Gasteiger partial charge in [0.15, 0.2) is 0 Å². The van der Waals surface area contributed by atoms with Gasteiger partial charge in [-0.3, -0.25) is 0 Å². The molecule has 2 amide bonds. The van der Waals surface area contributed by atoms with E-state index in [1.165, 1.54) is 0 Å². The minimum atomic E-state index is -0.529. The summed E-state index contributed by atoms with van der Waals surface area (Å²) in [5.41, 5.74) is 0. The Hall–Kier alpha value is -0.101. The van der Waals surface area contributed by atoms with Gasteiger partial charge in [-0.15, -0.1) is 0 Å². The molecule has 7 heteroatoms. The molecule has 4 nitrogen and oxygen atoms in total. The van der Waals surface area contributed by atoms with E-state index < -0.39 is 10.5 Å². The first-order valence-corrected chi connectivity index (χ1v) is 3.34. The molecule has 0 fully saturated rings. The zero-order valence-corrected chi connectivity index (χ0v) is 8.24. The standard InChI is InChI=1S/C4H8N2O2S2.Mn/c7-3(9)5-1-2-6-4(8)10;/h1-2H2,(H2,5,7,9)(H2,6,8,10);/q;+2/p-2. The van der Waals surface area contributed by atoms with Crippen LogP contribution in [0.4, 0.5) is 9.59 Å². The second-order valence-corrected chi connectivity index (χ2v) is 2.17. The number of nitrogens with one attached hydrogen (secondary N) is 2. The third-order valence-corrected chi connectivity index (χ3v) is 0.952. The van der Waals surface area contributed by atoms with E-state index in [0.717, 1.165) is 0 Å². The van der Waals surface area contributed by atoms with Crippen LogP contribution in [0.1, 0.15) is 0 Å². The van der Waals surface area contributed by atoms with Crippen molar-refractivity contribution in [1.29, 1.82) is 0 Å². The van der Waals surface area contributed by atoms with E-state index in [0.29, 0.717) is 13.1 Å². The SMILES string of the molecule is O=C([S-])NCCNC(=O)[S-].[Mn+2]. The number of carbonyl (C=O) groups excluding carboxylic acids is 2. The summed E-state index contributed by atoms with van der Waals surface area (Å²) in [6.07, 6.45) is 0. The van der Waals surface area contributed by atoms with Crippen LogP contribution in [-0.4, -0.2) is 23.6 Å². The Labute approximate surface area is 86.2 Å². The largest absolute Gasteiger partial charge is 2.00 e. The van der Waals surface area contributed by atoms with Crippen molar-refractivity contribution in [3.63, 3.8) is 0 Å². The van der Waals surface area contributed by atoms with Crippen LogP contribution in [-0.2, 0) is 42.3 Å². The van der Waals surface area contributed by atoms with E-state index in [1.807, 2.05) is 0 Å². The van der Waals surface area contributed by atoms with Gasteiger partial charge in [0, 0.05) is 13.1 Å². The summed E-state index contributed by atoms with van der Waals surface area (Å²) in [7, 11) is 0. The van der Waals surface area contributed by atoms with Crippen LogP contribution in [0.2, 0.25) is 0 Å². The van der Waals surface area contributed by atoms with Crippen LogP contribution in [0.3, 0.4) is 0 Å². The molecule has 0 atom stereocenters. The fourth-order valence-electron chi connectivity index (χ4n) is 0.329. The Morgan fingerprint density at radius 1 is 1.00 bits per heavy atom. The first-order valence-electron chi connectivity index (χ1n) is 2.52. The second kappa shape index (κ2) is 8.00. The van der Waals surface area contributed by atoms with Gasteiger partial charge >= 0.3 is 17.1 Å². The number of carbonyl (C=O) groups is 2. The number of amides is 2. The molecular weight excluding hydrogens is 227 g/mol. The van der Waals surface area contributed by atoms with Gasteiger partial charge in [0.1, 0.15) is 0 Å². The van der Waals surface area contributed by atoms with E-state index in [1.54, 1.807) is 0 Å². The first kappa shape index (κ1) is 13.5. The van der Waals surface area contributed by atoms with Crippen LogP contribution in [0.25, 0.3) is 0 Å². The number of hydrogen-bond donors (Lipinski definition) is 2. The fourth-order valence-corrected chi connectivity index (χ4v) is 0.533. The Kier molecular flexibility index (Phi) is 9.81. The van der Waals surface area contributed by atoms with Crippen molar-refractivity contribution < 1.29 is 26.7 Å². The Bertz CT molecular complexity index is 128. The molecule has 0 heterocycles. The molecule has 0 unspecified atom stereocenters. The predicted octanol–water partition coefficient (Wildman–Crippen LogP) is -0.503. The second-order valence-electron chi connectivity index (χ2n) is 1.43. The predicted molar refractivity (Wildman–Crippen MR) is 41.5 cm³/mol. The van der Waals surface area contributed by atoms with Crippen LogP contribution in [0.15, 0.2) is 0 Å². The van der Waals surface area contributed by atoms with Gasteiger partial charge in [0.2, 0.25) is 0 Å². The summed E-state index contributed by atoms with van der Waals surface area (Å²) in [6.45, 7) is 0.648. The maximum Gasteiger partial charge on any atom is 2.00 e. The zero-order chi connectivity index (χ0) is 7.98. The molecule has 0 aliphatic rings. The van der Waals surface area contributed by atoms with Crippen molar-refractivity contribution in [2.45, 2.75) is 0 Å². The van der Waals surface area contributed by atoms with Crippen molar-refractivity contribution in [2.24, 2.45) is 0 Å². The van der Waals surface area contributed by atoms with E-state index in [4.69, 9.17) is 0 Å². The maximum absolute atomic E-state index is 10.1. The average molecular weight is 233 g/mol. The third kappa shape index (κ3) is 13.0. The molecule has 2 N–H and O–H groups in total. The van der Waals surface area contributed by atoms with Crippen LogP contribution in [0, 0.1) is 0 Å². The van der Waals surface area contributed by atoms with E-state index in [2.05, 4.69) is 35.9 Å². The van der Waals surface area contributed by atoms with Crippen LogP contribution < -0.4 is 10.6 Å². The van der Waals surface area contributed by atoms with Gasteiger partial charge in [-0.25, -0.2) is 0 Å². The summed E-state index contributed by atoms with van der Waals surface area (Å²) in [6, 6.07) is 0. The molecule has 0 bridgehead atoms. The smallest absolute Gasteiger partial charge is 0.719 e. The van der Waals surface area contributed by atoms with Gasteiger partial charge in [0.25, 0.3) is 0 Å². The average Bonchev–Trinajstić information content (AvgIpc) is 1.79. The van der Waals surface area contributed by atoms with E-state index in [9.17, 15) is 9.59 Å². The molecule has 0 aromatic heterocycles. The van der Waals surface area contributed by atoms with Crippen molar-refractivity contribution in [1.82, 2.24) is 10.6 Å². The molecule has 0 saturated carbocycles. The van der Waals surface area contributed by atoms with E-state index in [-0.39, 0.29) is 17.1 Å². The quantitative estimate of drug-likeness (QED) is 0.392. The molecule has 1 radical (unpaired) electrons. The molecule has 0 aromatic rings. The maximum atomic E-state index is 10.1. The molecule has 0 saturated heterocycles. The number of rotatable bonds is 3. The summed E-state index contributed by atoms with van der Waals surface area (Å²) >= 11 is 8.34. The van der Waals surface area contributed by atoms with Crippen LogP contribution >= 0.6 is 0 Å². The van der Waals surface area contributed by atoms with Gasteiger partial charge in [0.05, 0.1) is 10.5 Å². The normalized spacial score (nSPS) is 7.64. The molecule has 0 rings (SSSR count). The topological polar surface area (TPSA) is 58.2 Å². The molecule has 11 heavy (non-hydrogen) atoms. The Morgan fingerprint density at radius 2 is 1.27 bits per heavy atom.